The summed E-state index contributed by atoms with van der Waals surface area (Å²) in [4.78, 5) is 21.6. The molecule has 1 aromatic rings. The maximum Gasteiger partial charge on any atom is 0.296 e. The molecule has 0 spiro atoms. The maximum atomic E-state index is 13.6. The number of nitrogens with one attached hydrogen (secondary N) is 1. The first-order valence-electron chi connectivity index (χ1n) is 5.92. The van der Waals surface area contributed by atoms with Gasteiger partial charge in [0.15, 0.2) is 17.3 Å². The fourth-order valence-electron chi connectivity index (χ4n) is 1.64. The second-order valence-corrected chi connectivity index (χ2v) is 4.74. The number of carbonyl (C=O) groups excluding carboxylic acids is 1. The van der Waals surface area contributed by atoms with E-state index in [-0.39, 0.29) is 5.92 Å². The van der Waals surface area contributed by atoms with E-state index in [1.807, 2.05) is 19.2 Å². The summed E-state index contributed by atoms with van der Waals surface area (Å²) in [6.45, 7) is 3.66. The van der Waals surface area contributed by atoms with Gasteiger partial charge >= 0.3 is 0 Å². The number of hydrogen-bond donors (Lipinski definition) is 2. The molecule has 110 valence electrons. The van der Waals surface area contributed by atoms with Crippen LogP contribution in [-0.2, 0) is 4.79 Å². The zero-order valence-corrected chi connectivity index (χ0v) is 11.0. The van der Waals surface area contributed by atoms with Gasteiger partial charge in [-0.3, -0.25) is 14.9 Å². The Bertz CT molecular complexity index is 535. The first-order chi connectivity index (χ1) is 9.23. The zero-order valence-electron chi connectivity index (χ0n) is 11.0. The molecule has 1 unspecified atom stereocenters. The Kier molecular flexibility index (Phi) is 5.09. The molecule has 0 aliphatic rings. The van der Waals surface area contributed by atoms with E-state index in [0.717, 1.165) is 6.07 Å². The van der Waals surface area contributed by atoms with Crippen molar-refractivity contribution < 1.29 is 18.5 Å². The lowest BCUT2D eigenvalue weighted by molar-refractivity contribution is -0.384. The van der Waals surface area contributed by atoms with Gasteiger partial charge in [-0.2, -0.15) is 0 Å². The number of amides is 1. The predicted molar refractivity (Wildman–Crippen MR) is 69.1 cm³/mol. The van der Waals surface area contributed by atoms with Crippen molar-refractivity contribution in [3.05, 3.63) is 33.9 Å². The maximum absolute atomic E-state index is 13.6. The van der Waals surface area contributed by atoms with Crippen molar-refractivity contribution in [2.24, 2.45) is 11.7 Å². The highest BCUT2D eigenvalue weighted by atomic mass is 19.2. The minimum atomic E-state index is -1.48. The highest BCUT2D eigenvalue weighted by molar-refractivity contribution is 5.96. The van der Waals surface area contributed by atoms with E-state index in [0.29, 0.717) is 12.5 Å². The fourth-order valence-corrected chi connectivity index (χ4v) is 1.64. The van der Waals surface area contributed by atoms with Crippen LogP contribution in [0.5, 0.6) is 0 Å². The van der Waals surface area contributed by atoms with E-state index >= 15 is 0 Å². The molecule has 3 N–H and O–H groups in total. The third kappa shape index (κ3) is 3.70. The number of rotatable bonds is 5. The molecule has 8 heteroatoms. The Morgan fingerprint density at radius 1 is 1.45 bits per heavy atom. The first kappa shape index (κ1) is 16.0. The Morgan fingerprint density at radius 2 is 2.05 bits per heavy atom. The number of nitrogens with two attached hydrogens (primary N) is 1. The van der Waals surface area contributed by atoms with Gasteiger partial charge in [-0.25, -0.2) is 8.78 Å². The average Bonchev–Trinajstić information content (AvgIpc) is 2.33. The van der Waals surface area contributed by atoms with Crippen LogP contribution in [0.25, 0.3) is 0 Å². The van der Waals surface area contributed by atoms with Crippen molar-refractivity contribution in [2.75, 3.05) is 5.32 Å². The van der Waals surface area contributed by atoms with Gasteiger partial charge in [0.05, 0.1) is 11.0 Å². The van der Waals surface area contributed by atoms with Crippen LogP contribution in [-0.4, -0.2) is 16.9 Å². The van der Waals surface area contributed by atoms with Gasteiger partial charge in [0.2, 0.25) is 5.91 Å². The number of hydrogen-bond acceptors (Lipinski definition) is 4. The van der Waals surface area contributed by atoms with Gasteiger partial charge in [0.1, 0.15) is 0 Å². The molecule has 0 saturated heterocycles. The molecule has 0 heterocycles. The van der Waals surface area contributed by atoms with Crippen LogP contribution in [0.15, 0.2) is 12.1 Å². The summed E-state index contributed by atoms with van der Waals surface area (Å²) in [7, 11) is 0. The smallest absolute Gasteiger partial charge is 0.296 e. The van der Waals surface area contributed by atoms with Gasteiger partial charge in [0, 0.05) is 6.07 Å². The van der Waals surface area contributed by atoms with Crippen LogP contribution in [0, 0.1) is 27.7 Å². The number of nitro groups is 1. The van der Waals surface area contributed by atoms with Crippen LogP contribution in [0.4, 0.5) is 20.2 Å². The summed E-state index contributed by atoms with van der Waals surface area (Å²) in [6, 6.07) is 0.441. The van der Waals surface area contributed by atoms with Gasteiger partial charge in [0.25, 0.3) is 5.69 Å². The number of carbonyl (C=O) groups is 1. The zero-order chi connectivity index (χ0) is 15.4. The molecule has 0 aromatic heterocycles. The molecule has 1 amide bonds. The largest absolute Gasteiger partial charge is 0.320 e. The van der Waals surface area contributed by atoms with Crippen molar-refractivity contribution in [1.29, 1.82) is 0 Å². The first-order valence-corrected chi connectivity index (χ1v) is 5.92. The second kappa shape index (κ2) is 6.38. The minimum Gasteiger partial charge on any atom is -0.320 e. The van der Waals surface area contributed by atoms with Gasteiger partial charge in [-0.05, 0) is 18.4 Å². The monoisotopic (exact) mass is 287 g/mol. The third-order valence-electron chi connectivity index (χ3n) is 2.58. The Labute approximate surface area is 114 Å². The highest BCUT2D eigenvalue weighted by Gasteiger charge is 2.25. The summed E-state index contributed by atoms with van der Waals surface area (Å²) in [5, 5.41) is 12.7. The summed E-state index contributed by atoms with van der Waals surface area (Å²) in [5.74, 6) is -3.46. The van der Waals surface area contributed by atoms with Gasteiger partial charge in [-0.1, -0.05) is 13.8 Å². The lowest BCUT2D eigenvalue weighted by Gasteiger charge is -2.14. The molecule has 0 saturated carbocycles. The van der Waals surface area contributed by atoms with E-state index in [4.69, 9.17) is 5.73 Å². The van der Waals surface area contributed by atoms with Crippen molar-refractivity contribution in [2.45, 2.75) is 26.3 Å². The van der Waals surface area contributed by atoms with Crippen molar-refractivity contribution >= 4 is 17.3 Å². The van der Waals surface area contributed by atoms with E-state index < -0.39 is 39.9 Å². The molecule has 1 atom stereocenters. The Morgan fingerprint density at radius 3 is 2.55 bits per heavy atom. The molecular weight excluding hydrogens is 272 g/mol. The van der Waals surface area contributed by atoms with Crippen LogP contribution in [0.1, 0.15) is 20.3 Å². The minimum absolute atomic E-state index is 0.114. The lowest BCUT2D eigenvalue weighted by atomic mass is 10.0. The Balaban J connectivity index is 3.05. The number of anilines is 1. The molecule has 1 rings (SSSR count). The van der Waals surface area contributed by atoms with Crippen LogP contribution in [0.3, 0.4) is 0 Å². The average molecular weight is 287 g/mol. The molecular formula is C12H15F2N3O3. The van der Waals surface area contributed by atoms with Crippen LogP contribution >= 0.6 is 0 Å². The SMILES string of the molecule is CC(C)CC(N)C(=O)Nc1c([N+](=O)[O-])ccc(F)c1F. The molecule has 1 aromatic carbocycles. The standard InChI is InChI=1S/C12H15F2N3O3/c1-6(2)5-8(15)12(18)16-11-9(17(19)20)4-3-7(13)10(11)14/h3-4,6,8H,5,15H2,1-2H3,(H,16,18). The third-order valence-corrected chi connectivity index (χ3v) is 2.58. The highest BCUT2D eigenvalue weighted by Crippen LogP contribution is 2.29. The summed E-state index contributed by atoms with van der Waals surface area (Å²) in [6.07, 6.45) is 0.316. The van der Waals surface area contributed by atoms with E-state index in [9.17, 15) is 23.7 Å². The topological polar surface area (TPSA) is 98.3 Å². The Hall–Kier alpha value is -2.09. The molecule has 0 aliphatic heterocycles. The van der Waals surface area contributed by atoms with Crippen LogP contribution < -0.4 is 11.1 Å². The van der Waals surface area contributed by atoms with E-state index in [1.165, 1.54) is 0 Å². The molecule has 0 aliphatic carbocycles. The number of nitro benzene ring substituents is 1. The quantitative estimate of drug-likeness (QED) is 0.640. The molecule has 0 radical (unpaired) electrons. The van der Waals surface area contributed by atoms with Crippen molar-refractivity contribution in [1.82, 2.24) is 0 Å². The predicted octanol–water partition coefficient (Wildman–Crippen LogP) is 2.18. The molecule has 0 fully saturated rings. The van der Waals surface area contributed by atoms with Crippen molar-refractivity contribution in [3.8, 4) is 0 Å². The van der Waals surface area contributed by atoms with E-state index in [2.05, 4.69) is 0 Å². The molecule has 20 heavy (non-hydrogen) atoms. The summed E-state index contributed by atoms with van der Waals surface area (Å²) >= 11 is 0. The fraction of sp³-hybridized carbons (Fsp3) is 0.417. The van der Waals surface area contributed by atoms with Gasteiger partial charge in [-0.15, -0.1) is 0 Å². The number of benzene rings is 1. The normalized spacial score (nSPS) is 12.3. The molecule has 6 nitrogen and oxygen atoms in total. The summed E-state index contributed by atoms with van der Waals surface area (Å²) in [5.41, 5.74) is 4.05. The van der Waals surface area contributed by atoms with E-state index in [1.54, 1.807) is 0 Å². The second-order valence-electron chi connectivity index (χ2n) is 4.74. The number of halogens is 2. The van der Waals surface area contributed by atoms with Crippen LogP contribution in [0.2, 0.25) is 0 Å². The summed E-state index contributed by atoms with van der Waals surface area (Å²) < 4.78 is 26.7. The van der Waals surface area contributed by atoms with Gasteiger partial charge < -0.3 is 11.1 Å². The molecule has 0 bridgehead atoms. The number of nitrogens with zero attached hydrogens (tertiary/aromatic N) is 1. The lowest BCUT2D eigenvalue weighted by Crippen LogP contribution is -2.37. The van der Waals surface area contributed by atoms with Crippen molar-refractivity contribution in [3.63, 3.8) is 0 Å².